The highest BCUT2D eigenvalue weighted by Gasteiger charge is 2.34. The maximum absolute atomic E-state index is 11.6. The van der Waals surface area contributed by atoms with Gasteiger partial charge in [-0.05, 0) is 26.3 Å². The number of nitrogens with zero attached hydrogens (tertiary/aromatic N) is 2. The average molecular weight is 323 g/mol. The fourth-order valence-corrected chi connectivity index (χ4v) is 2.52. The average Bonchev–Trinajstić information content (AvgIpc) is 2.44. The van der Waals surface area contributed by atoms with E-state index in [0.29, 0.717) is 0 Å². The molecule has 0 aliphatic carbocycles. The second kappa shape index (κ2) is 7.82. The summed E-state index contributed by atoms with van der Waals surface area (Å²) in [6.07, 6.45) is -2.22. The van der Waals surface area contributed by atoms with E-state index in [-0.39, 0.29) is 19.6 Å². The third-order valence-electron chi connectivity index (χ3n) is 3.48. The molecule has 2 amide bonds. The Labute approximate surface area is 136 Å². The van der Waals surface area contributed by atoms with Gasteiger partial charge in [-0.1, -0.05) is 30.3 Å². The molecule has 0 bridgehead atoms. The van der Waals surface area contributed by atoms with E-state index in [9.17, 15) is 19.8 Å². The molecule has 23 heavy (non-hydrogen) atoms. The molecular weight excluding hydrogens is 298 g/mol. The summed E-state index contributed by atoms with van der Waals surface area (Å²) < 4.78 is 0. The molecule has 4 N–H and O–H groups in total. The van der Waals surface area contributed by atoms with E-state index in [1.54, 1.807) is 20.8 Å². The van der Waals surface area contributed by atoms with Crippen LogP contribution >= 0.6 is 0 Å². The first-order chi connectivity index (χ1) is 10.7. The van der Waals surface area contributed by atoms with Crippen molar-refractivity contribution in [3.8, 4) is 0 Å². The molecule has 0 fully saturated rings. The van der Waals surface area contributed by atoms with Crippen LogP contribution in [0.15, 0.2) is 30.3 Å². The SMILES string of the molecule is CC(C)(C)N(C(=O)O)[C@@H](CN)CN(Cc1ccccc1)C(=O)O. The number of hydrogen-bond donors (Lipinski definition) is 3. The van der Waals surface area contributed by atoms with Gasteiger partial charge in [0.15, 0.2) is 0 Å². The monoisotopic (exact) mass is 323 g/mol. The van der Waals surface area contributed by atoms with Gasteiger partial charge in [-0.15, -0.1) is 0 Å². The zero-order valence-corrected chi connectivity index (χ0v) is 13.8. The van der Waals surface area contributed by atoms with Crippen LogP contribution in [0.4, 0.5) is 9.59 Å². The van der Waals surface area contributed by atoms with Crippen LogP contribution in [-0.4, -0.2) is 56.9 Å². The number of nitrogens with two attached hydrogens (primary N) is 1. The van der Waals surface area contributed by atoms with Crippen LogP contribution in [0.1, 0.15) is 26.3 Å². The molecule has 0 saturated carbocycles. The van der Waals surface area contributed by atoms with Gasteiger partial charge in [0, 0.05) is 25.2 Å². The van der Waals surface area contributed by atoms with E-state index in [1.165, 1.54) is 9.80 Å². The van der Waals surface area contributed by atoms with E-state index < -0.39 is 23.8 Å². The van der Waals surface area contributed by atoms with Gasteiger partial charge < -0.3 is 20.8 Å². The van der Waals surface area contributed by atoms with Gasteiger partial charge in [0.05, 0.1) is 6.04 Å². The molecule has 7 heteroatoms. The Morgan fingerprint density at radius 2 is 1.70 bits per heavy atom. The van der Waals surface area contributed by atoms with Crippen molar-refractivity contribution < 1.29 is 19.8 Å². The molecule has 0 aliphatic heterocycles. The van der Waals surface area contributed by atoms with Gasteiger partial charge in [0.1, 0.15) is 0 Å². The highest BCUT2D eigenvalue weighted by Crippen LogP contribution is 2.18. The number of amides is 2. The topological polar surface area (TPSA) is 107 Å². The van der Waals surface area contributed by atoms with Crippen molar-refractivity contribution in [1.82, 2.24) is 9.80 Å². The summed E-state index contributed by atoms with van der Waals surface area (Å²) in [6.45, 7) is 5.51. The third kappa shape index (κ3) is 5.45. The largest absolute Gasteiger partial charge is 0.465 e. The molecule has 1 atom stereocenters. The fourth-order valence-electron chi connectivity index (χ4n) is 2.52. The van der Waals surface area contributed by atoms with Crippen molar-refractivity contribution in [3.63, 3.8) is 0 Å². The number of hydrogen-bond acceptors (Lipinski definition) is 3. The molecule has 1 aromatic rings. The van der Waals surface area contributed by atoms with Crippen molar-refractivity contribution in [3.05, 3.63) is 35.9 Å². The molecule has 0 unspecified atom stereocenters. The van der Waals surface area contributed by atoms with E-state index >= 15 is 0 Å². The summed E-state index contributed by atoms with van der Waals surface area (Å²) in [4.78, 5) is 25.5. The van der Waals surface area contributed by atoms with Gasteiger partial charge in [0.2, 0.25) is 0 Å². The lowest BCUT2D eigenvalue weighted by atomic mass is 10.0. The summed E-state index contributed by atoms with van der Waals surface area (Å²) >= 11 is 0. The van der Waals surface area contributed by atoms with Crippen LogP contribution in [-0.2, 0) is 6.54 Å². The van der Waals surface area contributed by atoms with E-state index in [0.717, 1.165) is 5.56 Å². The summed E-state index contributed by atoms with van der Waals surface area (Å²) in [5.74, 6) is 0. The highest BCUT2D eigenvalue weighted by molar-refractivity contribution is 5.67. The van der Waals surface area contributed by atoms with Crippen LogP contribution in [0, 0.1) is 0 Å². The molecule has 0 aromatic heterocycles. The minimum Gasteiger partial charge on any atom is -0.465 e. The maximum Gasteiger partial charge on any atom is 0.408 e. The number of benzene rings is 1. The third-order valence-corrected chi connectivity index (χ3v) is 3.48. The first-order valence-corrected chi connectivity index (χ1v) is 7.41. The molecule has 128 valence electrons. The Bertz CT molecular complexity index is 528. The first-order valence-electron chi connectivity index (χ1n) is 7.41. The molecule has 0 aliphatic rings. The predicted molar refractivity (Wildman–Crippen MR) is 87.3 cm³/mol. The summed E-state index contributed by atoms with van der Waals surface area (Å²) in [5.41, 5.74) is 5.89. The quantitative estimate of drug-likeness (QED) is 0.744. The molecule has 0 radical (unpaired) electrons. The summed E-state index contributed by atoms with van der Waals surface area (Å²) in [6, 6.07) is 8.54. The Morgan fingerprint density at radius 3 is 2.09 bits per heavy atom. The van der Waals surface area contributed by atoms with Gasteiger partial charge in [-0.3, -0.25) is 4.90 Å². The molecule has 0 saturated heterocycles. The smallest absolute Gasteiger partial charge is 0.408 e. The predicted octanol–water partition coefficient (Wildman–Crippen LogP) is 2.27. The van der Waals surface area contributed by atoms with Crippen molar-refractivity contribution in [2.45, 2.75) is 38.9 Å². The second-order valence-electron chi connectivity index (χ2n) is 6.36. The lowest BCUT2D eigenvalue weighted by Crippen LogP contribution is -2.57. The molecule has 7 nitrogen and oxygen atoms in total. The zero-order chi connectivity index (χ0) is 17.6. The number of carbonyl (C=O) groups is 2. The van der Waals surface area contributed by atoms with Gasteiger partial charge in [-0.25, -0.2) is 9.59 Å². The molecule has 1 aromatic carbocycles. The van der Waals surface area contributed by atoms with E-state index in [2.05, 4.69) is 0 Å². The van der Waals surface area contributed by atoms with Crippen LogP contribution in [0.5, 0.6) is 0 Å². The zero-order valence-electron chi connectivity index (χ0n) is 13.8. The standard InChI is InChI=1S/C16H25N3O4/c1-16(2,3)19(15(22)23)13(9-17)11-18(14(20)21)10-12-7-5-4-6-8-12/h4-8,13H,9-11,17H2,1-3H3,(H,20,21)(H,22,23)/t13-/m0/s1. The first kappa shape index (κ1) is 18.8. The normalized spacial score (nSPS) is 12.5. The van der Waals surface area contributed by atoms with Gasteiger partial charge in [-0.2, -0.15) is 0 Å². The summed E-state index contributed by atoms with van der Waals surface area (Å²) in [5, 5.41) is 18.9. The van der Waals surface area contributed by atoms with Gasteiger partial charge in [0.25, 0.3) is 0 Å². The van der Waals surface area contributed by atoms with Crippen LogP contribution in [0.2, 0.25) is 0 Å². The Morgan fingerprint density at radius 1 is 1.13 bits per heavy atom. The molecule has 1 rings (SSSR count). The molecule has 0 spiro atoms. The van der Waals surface area contributed by atoms with Crippen LogP contribution < -0.4 is 5.73 Å². The Balaban J connectivity index is 2.95. The van der Waals surface area contributed by atoms with Crippen molar-refractivity contribution in [2.24, 2.45) is 5.73 Å². The molecule has 0 heterocycles. The molecular formula is C16H25N3O4. The van der Waals surface area contributed by atoms with E-state index in [1.807, 2.05) is 30.3 Å². The lowest BCUT2D eigenvalue weighted by molar-refractivity contribution is 0.0548. The lowest BCUT2D eigenvalue weighted by Gasteiger charge is -2.40. The second-order valence-corrected chi connectivity index (χ2v) is 6.36. The van der Waals surface area contributed by atoms with Crippen molar-refractivity contribution in [1.29, 1.82) is 0 Å². The van der Waals surface area contributed by atoms with Crippen molar-refractivity contribution in [2.75, 3.05) is 13.1 Å². The van der Waals surface area contributed by atoms with Crippen LogP contribution in [0.3, 0.4) is 0 Å². The number of carboxylic acid groups (broad SMARTS) is 2. The summed E-state index contributed by atoms with van der Waals surface area (Å²) in [7, 11) is 0. The minimum atomic E-state index is -1.11. The van der Waals surface area contributed by atoms with Crippen molar-refractivity contribution >= 4 is 12.2 Å². The minimum absolute atomic E-state index is 0.0182. The maximum atomic E-state index is 11.6. The highest BCUT2D eigenvalue weighted by atomic mass is 16.4. The number of rotatable bonds is 6. The Kier molecular flexibility index (Phi) is 6.38. The fraction of sp³-hybridized carbons (Fsp3) is 0.500. The van der Waals surface area contributed by atoms with Crippen LogP contribution in [0.25, 0.3) is 0 Å². The van der Waals surface area contributed by atoms with Gasteiger partial charge >= 0.3 is 12.2 Å². The Hall–Kier alpha value is -2.28. The van der Waals surface area contributed by atoms with E-state index in [4.69, 9.17) is 5.73 Å².